The van der Waals surface area contributed by atoms with Gasteiger partial charge < -0.3 is 4.98 Å². The van der Waals surface area contributed by atoms with E-state index >= 15 is 0 Å². The van der Waals surface area contributed by atoms with Crippen LogP contribution in [0, 0.1) is 0 Å². The molecule has 0 fully saturated rings. The molecule has 0 atom stereocenters. The van der Waals surface area contributed by atoms with E-state index in [1.807, 2.05) is 30.0 Å². The van der Waals surface area contributed by atoms with E-state index in [4.69, 9.17) is 11.6 Å². The number of aromatic amines is 1. The monoisotopic (exact) mass is 211 g/mol. The zero-order chi connectivity index (χ0) is 9.26. The molecule has 1 nitrogen and oxygen atoms in total. The fourth-order valence-electron chi connectivity index (χ4n) is 1.40. The molecule has 0 radical (unpaired) electrons. The highest BCUT2D eigenvalue weighted by molar-refractivity contribution is 7.97. The number of thioether (sulfide) groups is 1. The van der Waals surface area contributed by atoms with Crippen molar-refractivity contribution in [1.29, 1.82) is 0 Å². The van der Waals surface area contributed by atoms with Crippen molar-refractivity contribution in [1.82, 2.24) is 4.98 Å². The Morgan fingerprint density at radius 1 is 1.38 bits per heavy atom. The first-order valence-corrected chi connectivity index (χ1v) is 5.83. The quantitative estimate of drug-likeness (QED) is 0.801. The van der Waals surface area contributed by atoms with Gasteiger partial charge in [-0.15, -0.1) is 0 Å². The molecule has 0 amide bonds. The molecule has 0 aliphatic rings. The molecule has 0 bridgehead atoms. The Bertz CT molecular complexity index is 422. The molecule has 2 aromatic rings. The molecule has 13 heavy (non-hydrogen) atoms. The van der Waals surface area contributed by atoms with Crippen LogP contribution in [0.1, 0.15) is 5.69 Å². The van der Waals surface area contributed by atoms with Gasteiger partial charge in [0.15, 0.2) is 0 Å². The lowest BCUT2D eigenvalue weighted by Gasteiger charge is -1.89. The Morgan fingerprint density at radius 2 is 2.23 bits per heavy atom. The molecule has 68 valence electrons. The fraction of sp³-hybridized carbons (Fsp3) is 0.200. The molecule has 0 spiro atoms. The van der Waals surface area contributed by atoms with Crippen LogP contribution < -0.4 is 0 Å². The Morgan fingerprint density at radius 3 is 3.00 bits per heavy atom. The molecule has 0 saturated heterocycles. The Balaban J connectivity index is 2.49. The minimum Gasteiger partial charge on any atom is -0.358 e. The molecular weight excluding hydrogens is 202 g/mol. The summed E-state index contributed by atoms with van der Waals surface area (Å²) < 4.78 is 0. The molecule has 0 aliphatic heterocycles. The summed E-state index contributed by atoms with van der Waals surface area (Å²) in [5.74, 6) is 1.02. The smallest absolute Gasteiger partial charge is 0.0457 e. The maximum atomic E-state index is 5.89. The molecule has 0 unspecified atom stereocenters. The summed E-state index contributed by atoms with van der Waals surface area (Å²) in [6.45, 7) is 0. The van der Waals surface area contributed by atoms with Gasteiger partial charge in [0.1, 0.15) is 0 Å². The number of nitrogens with one attached hydrogen (secondary N) is 1. The Labute approximate surface area is 86.5 Å². The largest absolute Gasteiger partial charge is 0.358 e. The third-order valence-corrected chi connectivity index (χ3v) is 2.77. The van der Waals surface area contributed by atoms with Crippen molar-refractivity contribution in [2.45, 2.75) is 5.75 Å². The topological polar surface area (TPSA) is 15.8 Å². The highest BCUT2D eigenvalue weighted by Gasteiger charge is 1.99. The van der Waals surface area contributed by atoms with Crippen LogP contribution in [0.25, 0.3) is 10.9 Å². The first-order valence-electron chi connectivity index (χ1n) is 4.05. The van der Waals surface area contributed by atoms with Crippen molar-refractivity contribution < 1.29 is 0 Å². The molecule has 0 aliphatic carbocycles. The Kier molecular flexibility index (Phi) is 2.51. The second-order valence-corrected chi connectivity index (χ2v) is 4.26. The number of benzene rings is 1. The minimum absolute atomic E-state index is 0.794. The van der Waals surface area contributed by atoms with Crippen molar-refractivity contribution in [3.63, 3.8) is 0 Å². The maximum absolute atomic E-state index is 5.89. The van der Waals surface area contributed by atoms with Gasteiger partial charge in [-0.2, -0.15) is 11.8 Å². The summed E-state index contributed by atoms with van der Waals surface area (Å²) in [6, 6.07) is 8.06. The first kappa shape index (κ1) is 8.97. The van der Waals surface area contributed by atoms with E-state index in [-0.39, 0.29) is 0 Å². The van der Waals surface area contributed by atoms with E-state index < -0.39 is 0 Å². The van der Waals surface area contributed by atoms with Crippen molar-refractivity contribution in [3.8, 4) is 0 Å². The van der Waals surface area contributed by atoms with Crippen molar-refractivity contribution in [2.75, 3.05) is 6.26 Å². The van der Waals surface area contributed by atoms with Crippen LogP contribution in [0.5, 0.6) is 0 Å². The van der Waals surface area contributed by atoms with E-state index in [0.29, 0.717) is 0 Å². The summed E-state index contributed by atoms with van der Waals surface area (Å²) >= 11 is 7.70. The van der Waals surface area contributed by atoms with Crippen LogP contribution in [0.4, 0.5) is 0 Å². The van der Waals surface area contributed by atoms with Gasteiger partial charge >= 0.3 is 0 Å². The van der Waals surface area contributed by atoms with Crippen molar-refractivity contribution in [3.05, 3.63) is 35.0 Å². The van der Waals surface area contributed by atoms with E-state index in [1.165, 1.54) is 11.1 Å². The van der Waals surface area contributed by atoms with Crippen LogP contribution in [0.3, 0.4) is 0 Å². The number of rotatable bonds is 2. The van der Waals surface area contributed by atoms with Gasteiger partial charge in [0, 0.05) is 27.4 Å². The molecule has 1 aromatic heterocycles. The normalized spacial score (nSPS) is 10.9. The molecule has 2 rings (SSSR count). The lowest BCUT2D eigenvalue weighted by atomic mass is 10.2. The molecular formula is C10H10ClNS. The molecule has 1 aromatic carbocycles. The number of halogens is 1. The van der Waals surface area contributed by atoms with Gasteiger partial charge in [-0.1, -0.05) is 11.6 Å². The highest BCUT2D eigenvalue weighted by atomic mass is 35.5. The molecule has 1 N–H and O–H groups in total. The summed E-state index contributed by atoms with van der Waals surface area (Å²) in [5, 5.41) is 1.98. The van der Waals surface area contributed by atoms with Gasteiger partial charge in [-0.05, 0) is 30.5 Å². The fourth-order valence-corrected chi connectivity index (χ4v) is 2.04. The standard InChI is InChI=1S/C10H10ClNS/c1-13-6-9-5-7-4-8(11)2-3-10(7)12-9/h2-5,12H,6H2,1H3. The van der Waals surface area contributed by atoms with Crippen LogP contribution in [0.2, 0.25) is 5.02 Å². The lowest BCUT2D eigenvalue weighted by molar-refractivity contribution is 1.27. The molecule has 3 heteroatoms. The Hall–Kier alpha value is -0.600. The van der Waals surface area contributed by atoms with E-state index in [0.717, 1.165) is 16.3 Å². The predicted octanol–water partition coefficient (Wildman–Crippen LogP) is 3.68. The van der Waals surface area contributed by atoms with Crippen LogP contribution in [-0.4, -0.2) is 11.2 Å². The van der Waals surface area contributed by atoms with E-state index in [1.54, 1.807) is 0 Å². The van der Waals surface area contributed by atoms with E-state index in [9.17, 15) is 0 Å². The minimum atomic E-state index is 0.794. The average Bonchev–Trinajstić information content (AvgIpc) is 2.46. The number of aromatic nitrogens is 1. The van der Waals surface area contributed by atoms with Gasteiger partial charge in [0.25, 0.3) is 0 Å². The van der Waals surface area contributed by atoms with Gasteiger partial charge in [-0.3, -0.25) is 0 Å². The average molecular weight is 212 g/mol. The number of hydrogen-bond donors (Lipinski definition) is 1. The first-order chi connectivity index (χ1) is 6.29. The van der Waals surface area contributed by atoms with Gasteiger partial charge in [0.05, 0.1) is 0 Å². The lowest BCUT2D eigenvalue weighted by Crippen LogP contribution is -1.75. The summed E-state index contributed by atoms with van der Waals surface area (Å²) in [5.41, 5.74) is 2.42. The zero-order valence-electron chi connectivity index (χ0n) is 7.30. The molecule has 1 heterocycles. The predicted molar refractivity (Wildman–Crippen MR) is 60.5 cm³/mol. The number of H-pyrrole nitrogens is 1. The second kappa shape index (κ2) is 3.64. The summed E-state index contributed by atoms with van der Waals surface area (Å²) in [7, 11) is 0. The third kappa shape index (κ3) is 1.84. The number of hydrogen-bond acceptors (Lipinski definition) is 1. The van der Waals surface area contributed by atoms with Gasteiger partial charge in [0.2, 0.25) is 0 Å². The third-order valence-electron chi connectivity index (χ3n) is 1.94. The number of fused-ring (bicyclic) bond motifs is 1. The van der Waals surface area contributed by atoms with Crippen LogP contribution in [-0.2, 0) is 5.75 Å². The van der Waals surface area contributed by atoms with Crippen molar-refractivity contribution in [2.24, 2.45) is 0 Å². The highest BCUT2D eigenvalue weighted by Crippen LogP contribution is 2.21. The second-order valence-electron chi connectivity index (χ2n) is 2.96. The van der Waals surface area contributed by atoms with Crippen LogP contribution in [0.15, 0.2) is 24.3 Å². The van der Waals surface area contributed by atoms with Gasteiger partial charge in [-0.25, -0.2) is 0 Å². The zero-order valence-corrected chi connectivity index (χ0v) is 8.88. The maximum Gasteiger partial charge on any atom is 0.0457 e. The molecule has 0 saturated carbocycles. The summed E-state index contributed by atoms with van der Waals surface area (Å²) in [6.07, 6.45) is 2.10. The van der Waals surface area contributed by atoms with Crippen LogP contribution >= 0.6 is 23.4 Å². The van der Waals surface area contributed by atoms with Crippen molar-refractivity contribution >= 4 is 34.3 Å². The van der Waals surface area contributed by atoms with E-state index in [2.05, 4.69) is 17.3 Å². The summed E-state index contributed by atoms with van der Waals surface area (Å²) in [4.78, 5) is 3.34. The SMILES string of the molecule is CSCc1cc2cc(Cl)ccc2[nH]1.